The van der Waals surface area contributed by atoms with Crippen molar-refractivity contribution >= 4 is 61.0 Å². The van der Waals surface area contributed by atoms with Crippen LogP contribution in [0.4, 0.5) is 0 Å². The predicted molar refractivity (Wildman–Crippen MR) is 66.4 cm³/mol. The van der Waals surface area contributed by atoms with Crippen molar-refractivity contribution in [1.82, 2.24) is 0 Å². The fourth-order valence-corrected chi connectivity index (χ4v) is 3.38. The zero-order valence-electron chi connectivity index (χ0n) is 7.22. The molecule has 68 valence electrons. The zero-order chi connectivity index (χ0) is 9.97. The monoisotopic (exact) mass is 252 g/mol. The van der Waals surface area contributed by atoms with E-state index in [1.165, 1.54) is 21.1 Å². The Kier molecular flexibility index (Phi) is 3.28. The molecule has 0 aromatic heterocycles. The lowest BCUT2D eigenvalue weighted by Crippen LogP contribution is -2.18. The summed E-state index contributed by atoms with van der Waals surface area (Å²) < 4.78 is 0. The molecular weight excluding hydrogens is 247 g/mol. The molecule has 0 spiro atoms. The molecule has 0 saturated carbocycles. The third-order valence-corrected chi connectivity index (χ3v) is 4.63. The van der Waals surface area contributed by atoms with Gasteiger partial charge in [-0.2, -0.15) is 22.2 Å². The summed E-state index contributed by atoms with van der Waals surface area (Å²) in [5.74, 6) is 0. The largest absolute Gasteiger partial charge is 0.211 e. The van der Waals surface area contributed by atoms with Gasteiger partial charge >= 0.3 is 0 Å². The van der Waals surface area contributed by atoms with Crippen molar-refractivity contribution in [2.75, 3.05) is 0 Å². The minimum Gasteiger partial charge on any atom is -0.165 e. The molecule has 0 saturated heterocycles. The summed E-state index contributed by atoms with van der Waals surface area (Å²) in [5, 5.41) is 4.85. The number of hydrogen-bond acceptors (Lipinski definition) is 0. The van der Waals surface area contributed by atoms with E-state index in [9.17, 15) is 0 Å². The maximum atomic E-state index is 5.90. The lowest BCUT2D eigenvalue weighted by atomic mass is 10.1. The van der Waals surface area contributed by atoms with Gasteiger partial charge in [-0.3, -0.25) is 0 Å². The van der Waals surface area contributed by atoms with Crippen molar-refractivity contribution in [3.8, 4) is 0 Å². The summed E-state index contributed by atoms with van der Waals surface area (Å²) in [6, 6.07) is 12.4. The highest BCUT2D eigenvalue weighted by Gasteiger charge is 2.04. The van der Waals surface area contributed by atoms with Crippen molar-refractivity contribution in [2.45, 2.75) is 0 Å². The van der Waals surface area contributed by atoms with E-state index in [0.29, 0.717) is 17.7 Å². The minimum absolute atomic E-state index is 0.314. The first-order valence-electron chi connectivity index (χ1n) is 4.12. The van der Waals surface area contributed by atoms with Gasteiger partial charge < -0.3 is 0 Å². The average molecular weight is 253 g/mol. The first kappa shape index (κ1) is 10.2. The lowest BCUT2D eigenvalue weighted by Gasteiger charge is -2.06. The Balaban J connectivity index is 2.78. The number of halogens is 2. The van der Waals surface area contributed by atoms with Crippen molar-refractivity contribution in [3.63, 3.8) is 0 Å². The third kappa shape index (κ3) is 1.75. The summed E-state index contributed by atoms with van der Waals surface area (Å²) in [6.45, 7) is 0. The van der Waals surface area contributed by atoms with E-state index in [4.69, 9.17) is 22.2 Å². The van der Waals surface area contributed by atoms with Gasteiger partial charge in [0, 0.05) is 0 Å². The van der Waals surface area contributed by atoms with E-state index in [2.05, 4.69) is 24.3 Å². The van der Waals surface area contributed by atoms with Gasteiger partial charge in [-0.05, 0) is 21.1 Å². The molecule has 0 aliphatic heterocycles. The standard InChI is InChI=1S/C10H6Cl2Si2/c11-13-9-5-6-10(14-12)8-4-2-1-3-7(8)9/h1-6H. The van der Waals surface area contributed by atoms with Gasteiger partial charge in [0.15, 0.2) is 0 Å². The van der Waals surface area contributed by atoms with Gasteiger partial charge in [0.25, 0.3) is 0 Å². The third-order valence-electron chi connectivity index (χ3n) is 2.13. The second kappa shape index (κ2) is 4.49. The first-order chi connectivity index (χ1) is 6.86. The molecule has 0 heterocycles. The number of fused-ring (bicyclic) bond motifs is 1. The SMILES string of the molecule is Cl[Si]c1ccc([Si]Cl)c2ccccc12. The summed E-state index contributed by atoms with van der Waals surface area (Å²) in [6.07, 6.45) is 0. The van der Waals surface area contributed by atoms with E-state index < -0.39 is 0 Å². The molecule has 0 bridgehead atoms. The molecule has 14 heavy (non-hydrogen) atoms. The molecule has 0 amide bonds. The average Bonchev–Trinajstić information content (AvgIpc) is 2.27. The quantitative estimate of drug-likeness (QED) is 0.565. The zero-order valence-corrected chi connectivity index (χ0v) is 10.7. The Morgan fingerprint density at radius 2 is 1.14 bits per heavy atom. The fourth-order valence-electron chi connectivity index (χ4n) is 1.46. The summed E-state index contributed by atoms with van der Waals surface area (Å²) in [7, 11) is 0.628. The van der Waals surface area contributed by atoms with Crippen LogP contribution in [-0.4, -0.2) is 17.7 Å². The molecule has 0 N–H and O–H groups in total. The summed E-state index contributed by atoms with van der Waals surface area (Å²) >= 11 is 11.8. The van der Waals surface area contributed by atoms with E-state index in [0.717, 1.165) is 0 Å². The van der Waals surface area contributed by atoms with Crippen LogP contribution in [0.15, 0.2) is 36.4 Å². The van der Waals surface area contributed by atoms with Gasteiger partial charge in [-0.25, -0.2) is 0 Å². The molecule has 0 aliphatic carbocycles. The van der Waals surface area contributed by atoms with E-state index in [1.54, 1.807) is 0 Å². The van der Waals surface area contributed by atoms with Crippen molar-refractivity contribution in [1.29, 1.82) is 0 Å². The van der Waals surface area contributed by atoms with Gasteiger partial charge in [-0.15, -0.1) is 0 Å². The number of hydrogen-bond donors (Lipinski definition) is 0. The Labute approximate surface area is 97.3 Å². The topological polar surface area (TPSA) is 0 Å². The minimum atomic E-state index is 0.314. The van der Waals surface area contributed by atoms with E-state index >= 15 is 0 Å². The lowest BCUT2D eigenvalue weighted by molar-refractivity contribution is 1.81. The van der Waals surface area contributed by atoms with Gasteiger partial charge in [0.05, 0.1) is 0 Å². The molecule has 4 radical (unpaired) electrons. The predicted octanol–water partition coefficient (Wildman–Crippen LogP) is 1.81. The van der Waals surface area contributed by atoms with Crippen molar-refractivity contribution < 1.29 is 0 Å². The van der Waals surface area contributed by atoms with Gasteiger partial charge in [-0.1, -0.05) is 36.4 Å². The maximum absolute atomic E-state index is 5.90. The molecular formula is C10H6Cl2Si2. The molecule has 0 unspecified atom stereocenters. The maximum Gasteiger partial charge on any atom is 0.211 e. The summed E-state index contributed by atoms with van der Waals surface area (Å²) in [5.41, 5.74) is 0. The van der Waals surface area contributed by atoms with Crippen LogP contribution in [0, 0.1) is 0 Å². The molecule has 0 nitrogen and oxygen atoms in total. The Hall–Kier alpha value is -0.286. The van der Waals surface area contributed by atoms with E-state index in [-0.39, 0.29) is 0 Å². The molecule has 2 rings (SSSR count). The number of rotatable bonds is 2. The second-order valence-corrected chi connectivity index (χ2v) is 5.48. The molecule has 2 aromatic carbocycles. The second-order valence-electron chi connectivity index (χ2n) is 2.90. The molecule has 2 aromatic rings. The van der Waals surface area contributed by atoms with Crippen LogP contribution < -0.4 is 10.4 Å². The van der Waals surface area contributed by atoms with Crippen molar-refractivity contribution in [2.24, 2.45) is 0 Å². The highest BCUT2D eigenvalue weighted by atomic mass is 35.6. The van der Waals surface area contributed by atoms with Crippen molar-refractivity contribution in [3.05, 3.63) is 36.4 Å². The highest BCUT2D eigenvalue weighted by Crippen LogP contribution is 2.09. The normalized spacial score (nSPS) is 10.7. The molecule has 0 atom stereocenters. The molecule has 4 heteroatoms. The van der Waals surface area contributed by atoms with Crippen LogP contribution in [-0.2, 0) is 0 Å². The van der Waals surface area contributed by atoms with Crippen LogP contribution in [0.5, 0.6) is 0 Å². The Morgan fingerprint density at radius 1 is 0.714 bits per heavy atom. The number of benzene rings is 2. The Bertz CT molecular complexity index is 414. The van der Waals surface area contributed by atoms with Crippen LogP contribution in [0.2, 0.25) is 0 Å². The van der Waals surface area contributed by atoms with Gasteiger partial charge in [0.2, 0.25) is 17.7 Å². The van der Waals surface area contributed by atoms with Crippen LogP contribution in [0.25, 0.3) is 10.8 Å². The smallest absolute Gasteiger partial charge is 0.165 e. The summed E-state index contributed by atoms with van der Waals surface area (Å²) in [4.78, 5) is 0. The Morgan fingerprint density at radius 3 is 1.50 bits per heavy atom. The van der Waals surface area contributed by atoms with Gasteiger partial charge in [0.1, 0.15) is 0 Å². The first-order valence-corrected chi connectivity index (χ1v) is 8.14. The fraction of sp³-hybridized carbons (Fsp3) is 0. The highest BCUT2D eigenvalue weighted by molar-refractivity contribution is 7.03. The van der Waals surface area contributed by atoms with E-state index in [1.807, 2.05) is 12.1 Å². The molecule has 0 aliphatic rings. The molecule has 0 fully saturated rings. The van der Waals surface area contributed by atoms with Crippen LogP contribution in [0.1, 0.15) is 0 Å². The van der Waals surface area contributed by atoms with Crippen LogP contribution >= 0.6 is 22.2 Å². The van der Waals surface area contributed by atoms with Crippen LogP contribution in [0.3, 0.4) is 0 Å².